The molecule has 7 heteroatoms. The van der Waals surface area contributed by atoms with Crippen molar-refractivity contribution >= 4 is 37.6 Å². The van der Waals surface area contributed by atoms with Crippen molar-refractivity contribution in [3.63, 3.8) is 0 Å². The van der Waals surface area contributed by atoms with Crippen molar-refractivity contribution in [2.75, 3.05) is 14.2 Å². The van der Waals surface area contributed by atoms with Gasteiger partial charge < -0.3 is 18.9 Å². The fourth-order valence-electron chi connectivity index (χ4n) is 4.20. The molecule has 2 atom stereocenters. The molecule has 0 fully saturated rings. The third-order valence-corrected chi connectivity index (χ3v) is 7.93. The summed E-state index contributed by atoms with van der Waals surface area (Å²) in [6, 6.07) is 31.5. The van der Waals surface area contributed by atoms with Gasteiger partial charge in [0.05, 0.1) is 23.9 Å². The van der Waals surface area contributed by atoms with Crippen molar-refractivity contribution in [2.45, 2.75) is 35.7 Å². The Morgan fingerprint density at radius 2 is 0.975 bits per heavy atom. The fraction of sp³-hybridized carbons (Fsp3) is 0.242. The molecule has 0 aromatic heterocycles. The second-order valence-corrected chi connectivity index (χ2v) is 11.5. The maximum Gasteiger partial charge on any atom is 0.161 e. The Bertz CT molecular complexity index is 1270. The number of ether oxygens (including phenoxy) is 4. The third-order valence-electron chi connectivity index (χ3n) is 6.38. The Morgan fingerprint density at radius 1 is 0.575 bits per heavy atom. The van der Waals surface area contributed by atoms with Gasteiger partial charge in [0.2, 0.25) is 0 Å². The zero-order chi connectivity index (χ0) is 28.3. The lowest BCUT2D eigenvalue weighted by Gasteiger charge is -2.17. The number of carbonyl (C=O) groups excluding carboxylic acids is 1. The summed E-state index contributed by atoms with van der Waals surface area (Å²) < 4.78 is 23.0. The Kier molecular flexibility index (Phi) is 11.1. The van der Waals surface area contributed by atoms with Crippen LogP contribution in [0.5, 0.6) is 23.0 Å². The Morgan fingerprint density at radius 3 is 1.35 bits per heavy atom. The number of alkyl halides is 2. The molecule has 4 aromatic carbocycles. The van der Waals surface area contributed by atoms with Crippen molar-refractivity contribution in [1.82, 2.24) is 0 Å². The standard InChI is InChI=1S/C33H32Br2O5/c1-37-31-19-25(13-15-29(31)39-21-23-9-5-3-6-10-23)17-27(34)33(36)28(35)18-26-14-16-30(32(20-26)38-2)40-22-24-11-7-4-8-12-24/h3-16,19-20,27-28H,17-18,21-22H2,1-2H3. The lowest BCUT2D eigenvalue weighted by Crippen LogP contribution is -2.27. The van der Waals surface area contributed by atoms with Crippen LogP contribution < -0.4 is 18.9 Å². The number of benzene rings is 4. The topological polar surface area (TPSA) is 54.0 Å². The van der Waals surface area contributed by atoms with E-state index in [9.17, 15) is 4.79 Å². The molecule has 0 saturated carbocycles. The van der Waals surface area contributed by atoms with Crippen LogP contribution in [0.15, 0.2) is 97.1 Å². The van der Waals surface area contributed by atoms with E-state index in [2.05, 4.69) is 31.9 Å². The fourth-order valence-corrected chi connectivity index (χ4v) is 5.94. The summed E-state index contributed by atoms with van der Waals surface area (Å²) in [4.78, 5) is 12.5. The first-order valence-electron chi connectivity index (χ1n) is 13.0. The maximum atomic E-state index is 13.2. The minimum Gasteiger partial charge on any atom is -0.493 e. The van der Waals surface area contributed by atoms with Gasteiger partial charge in [-0.15, -0.1) is 0 Å². The molecular weight excluding hydrogens is 636 g/mol. The Balaban J connectivity index is 1.33. The zero-order valence-electron chi connectivity index (χ0n) is 22.5. The SMILES string of the molecule is COc1cc(CC(Br)C(=O)C(Br)Cc2ccc(OCc3ccccc3)c(OC)c2)ccc1OCc1ccccc1. The maximum absolute atomic E-state index is 13.2. The molecule has 0 N–H and O–H groups in total. The molecule has 4 aromatic rings. The summed E-state index contributed by atoms with van der Waals surface area (Å²) in [6.07, 6.45) is 1.04. The van der Waals surface area contributed by atoms with Crippen molar-refractivity contribution in [3.8, 4) is 23.0 Å². The van der Waals surface area contributed by atoms with Crippen LogP contribution in [0.4, 0.5) is 0 Å². The third kappa shape index (κ3) is 8.35. The molecule has 208 valence electrons. The van der Waals surface area contributed by atoms with E-state index in [1.54, 1.807) is 14.2 Å². The van der Waals surface area contributed by atoms with Crippen LogP contribution in [0.25, 0.3) is 0 Å². The first-order valence-corrected chi connectivity index (χ1v) is 14.8. The van der Waals surface area contributed by atoms with E-state index in [-0.39, 0.29) is 15.4 Å². The lowest BCUT2D eigenvalue weighted by molar-refractivity contribution is -0.117. The van der Waals surface area contributed by atoms with Crippen LogP contribution in [0.2, 0.25) is 0 Å². The largest absolute Gasteiger partial charge is 0.493 e. The van der Waals surface area contributed by atoms with E-state index in [1.165, 1.54) is 0 Å². The van der Waals surface area contributed by atoms with Crippen molar-refractivity contribution in [2.24, 2.45) is 0 Å². The predicted octanol–water partition coefficient (Wildman–Crippen LogP) is 7.74. The Labute approximate surface area is 252 Å². The molecule has 40 heavy (non-hydrogen) atoms. The number of methoxy groups -OCH3 is 2. The molecule has 0 saturated heterocycles. The van der Waals surface area contributed by atoms with Crippen molar-refractivity contribution in [3.05, 3.63) is 119 Å². The van der Waals surface area contributed by atoms with Crippen LogP contribution in [0.3, 0.4) is 0 Å². The molecular formula is C33H32Br2O5. The monoisotopic (exact) mass is 666 g/mol. The highest BCUT2D eigenvalue weighted by atomic mass is 79.9. The Hall–Kier alpha value is -3.29. The van der Waals surface area contributed by atoms with E-state index in [4.69, 9.17) is 18.9 Å². The molecule has 0 spiro atoms. The molecule has 0 heterocycles. The molecule has 0 aliphatic rings. The van der Waals surface area contributed by atoms with Gasteiger partial charge in [-0.05, 0) is 59.4 Å². The molecule has 5 nitrogen and oxygen atoms in total. The van der Waals surface area contributed by atoms with Crippen LogP contribution in [-0.4, -0.2) is 29.7 Å². The molecule has 4 rings (SSSR count). The van der Waals surface area contributed by atoms with Gasteiger partial charge in [0.25, 0.3) is 0 Å². The van der Waals surface area contributed by atoms with Gasteiger partial charge in [-0.2, -0.15) is 0 Å². The zero-order valence-corrected chi connectivity index (χ0v) is 25.7. The summed E-state index contributed by atoms with van der Waals surface area (Å²) in [6.45, 7) is 0.901. The quantitative estimate of drug-likeness (QED) is 0.129. The number of ketones is 1. The highest BCUT2D eigenvalue weighted by Gasteiger charge is 2.24. The summed E-state index contributed by atoms with van der Waals surface area (Å²) >= 11 is 7.21. The number of hydrogen-bond donors (Lipinski definition) is 0. The number of hydrogen-bond acceptors (Lipinski definition) is 5. The highest BCUT2D eigenvalue weighted by Crippen LogP contribution is 2.32. The number of halogens is 2. The van der Waals surface area contributed by atoms with Gasteiger partial charge in [-0.1, -0.05) is 105 Å². The summed E-state index contributed by atoms with van der Waals surface area (Å²) in [5.74, 6) is 2.66. The van der Waals surface area contributed by atoms with E-state index in [0.29, 0.717) is 49.1 Å². The van der Waals surface area contributed by atoms with Crippen molar-refractivity contribution < 1.29 is 23.7 Å². The minimum absolute atomic E-state index is 0.0618. The van der Waals surface area contributed by atoms with Gasteiger partial charge in [0, 0.05) is 0 Å². The molecule has 0 radical (unpaired) electrons. The first kappa shape index (κ1) is 29.7. The van der Waals surface area contributed by atoms with Gasteiger partial charge in [0.1, 0.15) is 13.2 Å². The molecule has 0 aliphatic carbocycles. The van der Waals surface area contributed by atoms with Gasteiger partial charge in [-0.3, -0.25) is 4.79 Å². The summed E-state index contributed by atoms with van der Waals surface area (Å²) in [5.41, 5.74) is 4.10. The van der Waals surface area contributed by atoms with Gasteiger partial charge in [-0.25, -0.2) is 0 Å². The van der Waals surface area contributed by atoms with Crippen LogP contribution >= 0.6 is 31.9 Å². The summed E-state index contributed by atoms with van der Waals surface area (Å²) in [7, 11) is 3.23. The number of Topliss-reactive ketones (excluding diaryl/α,β-unsaturated/α-hetero) is 1. The highest BCUT2D eigenvalue weighted by molar-refractivity contribution is 9.10. The smallest absolute Gasteiger partial charge is 0.161 e. The number of carbonyl (C=O) groups is 1. The van der Waals surface area contributed by atoms with Gasteiger partial charge >= 0.3 is 0 Å². The van der Waals surface area contributed by atoms with Crippen molar-refractivity contribution in [1.29, 1.82) is 0 Å². The van der Waals surface area contributed by atoms with E-state index < -0.39 is 0 Å². The summed E-state index contributed by atoms with van der Waals surface area (Å²) in [5, 5.41) is 0. The van der Waals surface area contributed by atoms with Gasteiger partial charge in [0.15, 0.2) is 28.8 Å². The van der Waals surface area contributed by atoms with Crippen LogP contribution in [0.1, 0.15) is 22.3 Å². The second kappa shape index (κ2) is 14.9. The first-order chi connectivity index (χ1) is 19.5. The normalized spacial score (nSPS) is 12.3. The minimum atomic E-state index is -0.368. The molecule has 2 unspecified atom stereocenters. The van der Waals surface area contributed by atoms with E-state index in [1.807, 2.05) is 97.1 Å². The van der Waals surface area contributed by atoms with Crippen LogP contribution in [-0.2, 0) is 30.8 Å². The average molecular weight is 668 g/mol. The molecule has 0 aliphatic heterocycles. The molecule has 0 amide bonds. The van der Waals surface area contributed by atoms with E-state index >= 15 is 0 Å². The predicted molar refractivity (Wildman–Crippen MR) is 165 cm³/mol. The van der Waals surface area contributed by atoms with E-state index in [0.717, 1.165) is 22.3 Å². The lowest BCUT2D eigenvalue weighted by atomic mass is 10.0. The second-order valence-electron chi connectivity index (χ2n) is 9.26. The van der Waals surface area contributed by atoms with Crippen LogP contribution in [0, 0.1) is 0 Å². The number of rotatable bonds is 14. The molecule has 0 bridgehead atoms. The average Bonchev–Trinajstić information content (AvgIpc) is 3.00.